The maximum absolute atomic E-state index is 11.9. The van der Waals surface area contributed by atoms with Crippen molar-refractivity contribution in [3.63, 3.8) is 0 Å². The van der Waals surface area contributed by atoms with E-state index in [0.29, 0.717) is 10.8 Å². The van der Waals surface area contributed by atoms with Gasteiger partial charge in [0.2, 0.25) is 0 Å². The second-order valence-electron chi connectivity index (χ2n) is 4.10. The van der Waals surface area contributed by atoms with Crippen molar-refractivity contribution in [2.24, 2.45) is 0 Å². The molecule has 1 heterocycles. The Morgan fingerprint density at radius 3 is 2.72 bits per heavy atom. The monoisotopic (exact) mass is 283 g/mol. The Morgan fingerprint density at radius 1 is 1.39 bits per heavy atom. The summed E-state index contributed by atoms with van der Waals surface area (Å²) in [7, 11) is 0. The summed E-state index contributed by atoms with van der Waals surface area (Å²) in [6.45, 7) is 2.22. The quantitative estimate of drug-likeness (QED) is 0.753. The number of aromatic nitrogens is 2. The van der Waals surface area contributed by atoms with E-state index in [0.717, 1.165) is 25.1 Å². The van der Waals surface area contributed by atoms with Gasteiger partial charge in [-0.15, -0.1) is 0 Å². The van der Waals surface area contributed by atoms with Crippen LogP contribution < -0.4 is 5.32 Å². The van der Waals surface area contributed by atoms with E-state index >= 15 is 0 Å². The zero-order valence-electron chi connectivity index (χ0n) is 10.2. The number of nitrogens with zero attached hydrogens (tertiary/aromatic N) is 1. The highest BCUT2D eigenvalue weighted by atomic mass is 35.5. The third-order valence-electron chi connectivity index (χ3n) is 2.43. The van der Waals surface area contributed by atoms with Crippen molar-refractivity contribution in [2.75, 3.05) is 6.54 Å². The molecule has 3 nitrogen and oxygen atoms in total. The first-order valence-electron chi connectivity index (χ1n) is 5.93. The van der Waals surface area contributed by atoms with Crippen LogP contribution in [0.3, 0.4) is 0 Å². The Bertz CT molecular complexity index is 363. The fraction of sp³-hybridized carbons (Fsp3) is 0.727. The number of H-pyrrole nitrogens is 1. The SMILES string of the molecule is CCCCc1nc(Cl)c(CNCCC(F)(F)F)[nH]1. The number of rotatable bonds is 7. The van der Waals surface area contributed by atoms with Crippen LogP contribution in [0.1, 0.15) is 37.7 Å². The minimum Gasteiger partial charge on any atom is -0.344 e. The van der Waals surface area contributed by atoms with E-state index in [1.807, 2.05) is 0 Å². The van der Waals surface area contributed by atoms with Gasteiger partial charge in [-0.2, -0.15) is 13.2 Å². The highest BCUT2D eigenvalue weighted by Crippen LogP contribution is 2.18. The second-order valence-corrected chi connectivity index (χ2v) is 4.46. The molecule has 0 aliphatic heterocycles. The molecule has 0 spiro atoms. The first kappa shape index (κ1) is 15.3. The molecule has 18 heavy (non-hydrogen) atoms. The largest absolute Gasteiger partial charge is 0.390 e. The van der Waals surface area contributed by atoms with Gasteiger partial charge in [-0.25, -0.2) is 4.98 Å². The van der Waals surface area contributed by atoms with E-state index in [2.05, 4.69) is 22.2 Å². The lowest BCUT2D eigenvalue weighted by molar-refractivity contribution is -0.133. The summed E-state index contributed by atoms with van der Waals surface area (Å²) in [4.78, 5) is 7.15. The number of alkyl halides is 3. The lowest BCUT2D eigenvalue weighted by Crippen LogP contribution is -2.21. The lowest BCUT2D eigenvalue weighted by Gasteiger charge is -2.06. The molecule has 1 rings (SSSR count). The molecule has 0 unspecified atom stereocenters. The summed E-state index contributed by atoms with van der Waals surface area (Å²) in [6.07, 6.45) is -2.11. The lowest BCUT2D eigenvalue weighted by atomic mass is 10.2. The van der Waals surface area contributed by atoms with Crippen molar-refractivity contribution >= 4 is 11.6 Å². The molecule has 0 fully saturated rings. The summed E-state index contributed by atoms with van der Waals surface area (Å²) >= 11 is 5.89. The fourth-order valence-electron chi connectivity index (χ4n) is 1.46. The molecule has 0 aliphatic rings. The minimum atomic E-state index is -4.13. The number of hydrogen-bond donors (Lipinski definition) is 2. The van der Waals surface area contributed by atoms with Crippen LogP contribution in [0, 0.1) is 0 Å². The second kappa shape index (κ2) is 6.99. The Hall–Kier alpha value is -0.750. The van der Waals surface area contributed by atoms with Crippen LogP contribution in [0.5, 0.6) is 0 Å². The van der Waals surface area contributed by atoms with E-state index in [9.17, 15) is 13.2 Å². The molecule has 2 N–H and O–H groups in total. The summed E-state index contributed by atoms with van der Waals surface area (Å²) in [5, 5.41) is 3.03. The van der Waals surface area contributed by atoms with Crippen LogP contribution in [0.4, 0.5) is 13.2 Å². The van der Waals surface area contributed by atoms with Crippen molar-refractivity contribution in [1.29, 1.82) is 0 Å². The van der Waals surface area contributed by atoms with Gasteiger partial charge in [0, 0.05) is 19.5 Å². The highest BCUT2D eigenvalue weighted by Gasteiger charge is 2.25. The molecule has 0 atom stereocenters. The smallest absolute Gasteiger partial charge is 0.344 e. The molecule has 0 radical (unpaired) electrons. The normalized spacial score (nSPS) is 12.1. The van der Waals surface area contributed by atoms with Crippen LogP contribution >= 0.6 is 11.6 Å². The van der Waals surface area contributed by atoms with E-state index in [4.69, 9.17) is 11.6 Å². The summed E-state index contributed by atoms with van der Waals surface area (Å²) in [5.41, 5.74) is 0.643. The zero-order chi connectivity index (χ0) is 13.6. The molecule has 104 valence electrons. The zero-order valence-corrected chi connectivity index (χ0v) is 11.0. The van der Waals surface area contributed by atoms with Crippen molar-refractivity contribution in [2.45, 2.75) is 45.3 Å². The highest BCUT2D eigenvalue weighted by molar-refractivity contribution is 6.30. The topological polar surface area (TPSA) is 40.7 Å². The standard InChI is InChI=1S/C11H17ClF3N3/c1-2-3-4-9-17-8(10(12)18-9)7-16-6-5-11(13,14)15/h16H,2-7H2,1H3,(H,17,18). The first-order chi connectivity index (χ1) is 8.42. The third-order valence-corrected chi connectivity index (χ3v) is 2.74. The number of aromatic amines is 1. The van der Waals surface area contributed by atoms with Crippen LogP contribution in [0.2, 0.25) is 5.15 Å². The molecule has 0 aliphatic carbocycles. The van der Waals surface area contributed by atoms with Gasteiger partial charge in [0.25, 0.3) is 0 Å². The third kappa shape index (κ3) is 5.73. The first-order valence-corrected chi connectivity index (χ1v) is 6.31. The van der Waals surface area contributed by atoms with Gasteiger partial charge in [0.15, 0.2) is 5.15 Å². The average Bonchev–Trinajstić information content (AvgIpc) is 2.61. The number of aryl methyl sites for hydroxylation is 1. The molecule has 1 aromatic rings. The van der Waals surface area contributed by atoms with Gasteiger partial charge in [-0.05, 0) is 6.42 Å². The van der Waals surface area contributed by atoms with Gasteiger partial charge in [-0.1, -0.05) is 24.9 Å². The van der Waals surface area contributed by atoms with Crippen LogP contribution in [0.15, 0.2) is 0 Å². The molecule has 0 saturated heterocycles. The Kier molecular flexibility index (Phi) is 5.95. The van der Waals surface area contributed by atoms with E-state index in [1.165, 1.54) is 0 Å². The van der Waals surface area contributed by atoms with Gasteiger partial charge >= 0.3 is 6.18 Å². The maximum Gasteiger partial charge on any atom is 0.390 e. The molecule has 1 aromatic heterocycles. The molecule has 0 amide bonds. The van der Waals surface area contributed by atoms with Crippen molar-refractivity contribution in [3.05, 3.63) is 16.7 Å². The summed E-state index contributed by atoms with van der Waals surface area (Å²) in [6, 6.07) is 0. The van der Waals surface area contributed by atoms with Crippen LogP contribution in [0.25, 0.3) is 0 Å². The van der Waals surface area contributed by atoms with Crippen molar-refractivity contribution in [3.8, 4) is 0 Å². The van der Waals surface area contributed by atoms with Gasteiger partial charge in [0.05, 0.1) is 12.1 Å². The molecular formula is C11H17ClF3N3. The number of hydrogen-bond acceptors (Lipinski definition) is 2. The predicted octanol–water partition coefficient (Wildman–Crippen LogP) is 3.45. The number of halogens is 4. The number of imidazole rings is 1. The average molecular weight is 284 g/mol. The molecular weight excluding hydrogens is 267 g/mol. The van der Waals surface area contributed by atoms with Gasteiger partial charge < -0.3 is 10.3 Å². The van der Waals surface area contributed by atoms with E-state index in [-0.39, 0.29) is 13.1 Å². The minimum absolute atomic E-state index is 0.122. The number of unbranched alkanes of at least 4 members (excludes halogenated alkanes) is 1. The molecule has 0 bridgehead atoms. The van der Waals surface area contributed by atoms with E-state index in [1.54, 1.807) is 0 Å². The fourth-order valence-corrected chi connectivity index (χ4v) is 1.68. The van der Waals surface area contributed by atoms with Crippen molar-refractivity contribution < 1.29 is 13.2 Å². The molecule has 0 aromatic carbocycles. The Balaban J connectivity index is 2.35. The van der Waals surface area contributed by atoms with Gasteiger partial charge in [0.1, 0.15) is 5.82 Å². The Labute approximate surface area is 109 Å². The molecule has 7 heteroatoms. The predicted molar refractivity (Wildman–Crippen MR) is 64.6 cm³/mol. The van der Waals surface area contributed by atoms with Crippen LogP contribution in [-0.2, 0) is 13.0 Å². The summed E-state index contributed by atoms with van der Waals surface area (Å²) in [5.74, 6) is 0.787. The van der Waals surface area contributed by atoms with Crippen LogP contribution in [-0.4, -0.2) is 22.7 Å². The van der Waals surface area contributed by atoms with E-state index < -0.39 is 12.6 Å². The molecule has 0 saturated carbocycles. The number of nitrogens with one attached hydrogen (secondary N) is 2. The van der Waals surface area contributed by atoms with Gasteiger partial charge in [-0.3, -0.25) is 0 Å². The maximum atomic E-state index is 11.9. The Morgan fingerprint density at radius 2 is 2.11 bits per heavy atom. The van der Waals surface area contributed by atoms with Crippen molar-refractivity contribution in [1.82, 2.24) is 15.3 Å². The summed E-state index contributed by atoms with van der Waals surface area (Å²) < 4.78 is 35.8.